The number of benzene rings is 1. The molecule has 0 heterocycles. The Labute approximate surface area is 102 Å². The summed E-state index contributed by atoms with van der Waals surface area (Å²) >= 11 is 0. The molecule has 2 unspecified atom stereocenters. The van der Waals surface area contributed by atoms with E-state index in [0.717, 1.165) is 12.8 Å². The van der Waals surface area contributed by atoms with Gasteiger partial charge in [-0.15, -0.1) is 0 Å². The standard InChI is InChI=1S/C15H20FN/c1-10(17)8-12-4-2-11-3-5-13(16)9-14(11)15(12)6-7-15/h3,5,9-10,12H,2,4,6-8,17H2,1H3. The van der Waals surface area contributed by atoms with Crippen molar-refractivity contribution in [2.24, 2.45) is 11.7 Å². The van der Waals surface area contributed by atoms with E-state index in [1.54, 1.807) is 12.1 Å². The second kappa shape index (κ2) is 3.81. The van der Waals surface area contributed by atoms with Crippen molar-refractivity contribution >= 4 is 0 Å². The Morgan fingerprint density at radius 1 is 1.47 bits per heavy atom. The number of halogens is 1. The van der Waals surface area contributed by atoms with E-state index in [1.807, 2.05) is 6.07 Å². The van der Waals surface area contributed by atoms with E-state index < -0.39 is 0 Å². The SMILES string of the molecule is CC(N)CC1CCc2ccc(F)cc2C12CC2. The largest absolute Gasteiger partial charge is 0.328 e. The molecule has 1 saturated carbocycles. The Kier molecular flexibility index (Phi) is 2.51. The van der Waals surface area contributed by atoms with Crippen molar-refractivity contribution in [1.82, 2.24) is 0 Å². The minimum atomic E-state index is -0.0866. The van der Waals surface area contributed by atoms with Crippen molar-refractivity contribution in [2.45, 2.75) is 50.5 Å². The van der Waals surface area contributed by atoms with E-state index in [2.05, 4.69) is 6.92 Å². The zero-order valence-electron chi connectivity index (χ0n) is 10.4. The molecule has 1 fully saturated rings. The summed E-state index contributed by atoms with van der Waals surface area (Å²) in [5.41, 5.74) is 8.88. The highest BCUT2D eigenvalue weighted by atomic mass is 19.1. The molecule has 2 aliphatic rings. The average molecular weight is 233 g/mol. The lowest BCUT2D eigenvalue weighted by Gasteiger charge is -2.35. The third kappa shape index (κ3) is 1.79. The van der Waals surface area contributed by atoms with Crippen LogP contribution in [-0.4, -0.2) is 6.04 Å². The van der Waals surface area contributed by atoms with Crippen molar-refractivity contribution in [2.75, 3.05) is 0 Å². The second-order valence-electron chi connectivity index (χ2n) is 5.91. The summed E-state index contributed by atoms with van der Waals surface area (Å²) < 4.78 is 13.4. The summed E-state index contributed by atoms with van der Waals surface area (Å²) in [6.07, 6.45) is 5.84. The van der Waals surface area contributed by atoms with Gasteiger partial charge >= 0.3 is 0 Å². The number of nitrogens with two attached hydrogens (primary N) is 1. The molecule has 2 atom stereocenters. The maximum absolute atomic E-state index is 13.4. The molecule has 92 valence electrons. The van der Waals surface area contributed by atoms with Crippen molar-refractivity contribution in [3.63, 3.8) is 0 Å². The predicted molar refractivity (Wildman–Crippen MR) is 67.4 cm³/mol. The van der Waals surface area contributed by atoms with Crippen molar-refractivity contribution in [3.8, 4) is 0 Å². The van der Waals surface area contributed by atoms with E-state index in [4.69, 9.17) is 5.73 Å². The molecule has 0 amide bonds. The summed E-state index contributed by atoms with van der Waals surface area (Å²) in [5.74, 6) is 0.577. The molecular formula is C15H20FN. The van der Waals surface area contributed by atoms with E-state index >= 15 is 0 Å². The molecule has 1 aromatic rings. The molecule has 1 nitrogen and oxygen atoms in total. The smallest absolute Gasteiger partial charge is 0.123 e. The molecule has 1 spiro atoms. The lowest BCUT2D eigenvalue weighted by atomic mass is 9.70. The number of rotatable bonds is 2. The van der Waals surface area contributed by atoms with E-state index in [0.29, 0.717) is 5.92 Å². The highest BCUT2D eigenvalue weighted by molar-refractivity contribution is 5.42. The summed E-state index contributed by atoms with van der Waals surface area (Å²) in [4.78, 5) is 0. The van der Waals surface area contributed by atoms with Gasteiger partial charge < -0.3 is 5.73 Å². The summed E-state index contributed by atoms with van der Waals surface area (Å²) in [6, 6.07) is 5.61. The topological polar surface area (TPSA) is 26.0 Å². The Morgan fingerprint density at radius 2 is 2.24 bits per heavy atom. The molecule has 2 aliphatic carbocycles. The summed E-state index contributed by atoms with van der Waals surface area (Å²) in [6.45, 7) is 2.08. The van der Waals surface area contributed by atoms with Crippen LogP contribution in [-0.2, 0) is 11.8 Å². The summed E-state index contributed by atoms with van der Waals surface area (Å²) in [7, 11) is 0. The molecule has 3 rings (SSSR count). The van der Waals surface area contributed by atoms with Gasteiger partial charge in [-0.3, -0.25) is 0 Å². The van der Waals surface area contributed by atoms with Gasteiger partial charge in [0.1, 0.15) is 5.82 Å². The minimum Gasteiger partial charge on any atom is -0.328 e. The van der Waals surface area contributed by atoms with Gasteiger partial charge in [0, 0.05) is 6.04 Å². The molecule has 0 bridgehead atoms. The van der Waals surface area contributed by atoms with Crippen LogP contribution in [0, 0.1) is 11.7 Å². The van der Waals surface area contributed by atoms with Gasteiger partial charge in [0.2, 0.25) is 0 Å². The second-order valence-corrected chi connectivity index (χ2v) is 5.91. The molecule has 0 aliphatic heterocycles. The van der Waals surface area contributed by atoms with Crippen LogP contribution in [0.3, 0.4) is 0 Å². The van der Waals surface area contributed by atoms with E-state index in [1.165, 1.54) is 30.4 Å². The summed E-state index contributed by atoms with van der Waals surface area (Å²) in [5, 5.41) is 0. The number of aryl methyl sites for hydroxylation is 1. The Morgan fingerprint density at radius 3 is 2.88 bits per heavy atom. The van der Waals surface area contributed by atoms with Crippen LogP contribution in [0.4, 0.5) is 4.39 Å². The third-order valence-electron chi connectivity index (χ3n) is 4.60. The quantitative estimate of drug-likeness (QED) is 0.834. The van der Waals surface area contributed by atoms with Crippen LogP contribution >= 0.6 is 0 Å². The van der Waals surface area contributed by atoms with Gasteiger partial charge in [0.15, 0.2) is 0 Å². The molecule has 1 aromatic carbocycles. The maximum Gasteiger partial charge on any atom is 0.123 e. The predicted octanol–water partition coefficient (Wildman–Crippen LogP) is 3.16. The fourth-order valence-corrected chi connectivity index (χ4v) is 3.66. The Hall–Kier alpha value is -0.890. The molecule has 17 heavy (non-hydrogen) atoms. The van der Waals surface area contributed by atoms with Gasteiger partial charge in [-0.1, -0.05) is 6.07 Å². The fourth-order valence-electron chi connectivity index (χ4n) is 3.66. The molecule has 0 saturated heterocycles. The van der Waals surface area contributed by atoms with Crippen LogP contribution in [0.2, 0.25) is 0 Å². The number of hydrogen-bond donors (Lipinski definition) is 1. The maximum atomic E-state index is 13.4. The molecular weight excluding hydrogens is 213 g/mol. The fraction of sp³-hybridized carbons (Fsp3) is 0.600. The van der Waals surface area contributed by atoms with E-state index in [9.17, 15) is 4.39 Å². The third-order valence-corrected chi connectivity index (χ3v) is 4.60. The molecule has 2 heteroatoms. The lowest BCUT2D eigenvalue weighted by Crippen LogP contribution is -2.32. The van der Waals surface area contributed by atoms with Gasteiger partial charge in [-0.2, -0.15) is 0 Å². The van der Waals surface area contributed by atoms with Crippen LogP contribution < -0.4 is 5.73 Å². The van der Waals surface area contributed by atoms with Crippen LogP contribution in [0.15, 0.2) is 18.2 Å². The number of fused-ring (bicyclic) bond motifs is 2. The first kappa shape index (κ1) is 11.2. The van der Waals surface area contributed by atoms with Crippen molar-refractivity contribution < 1.29 is 4.39 Å². The minimum absolute atomic E-state index is 0.0866. The van der Waals surface area contributed by atoms with Gasteiger partial charge in [0.05, 0.1) is 0 Å². The Bertz CT molecular complexity index is 435. The van der Waals surface area contributed by atoms with Crippen LogP contribution in [0.25, 0.3) is 0 Å². The van der Waals surface area contributed by atoms with Gasteiger partial charge in [0.25, 0.3) is 0 Å². The lowest BCUT2D eigenvalue weighted by molar-refractivity contribution is 0.312. The highest BCUT2D eigenvalue weighted by Crippen LogP contribution is 2.59. The molecule has 2 N–H and O–H groups in total. The molecule has 0 radical (unpaired) electrons. The zero-order valence-corrected chi connectivity index (χ0v) is 10.4. The van der Waals surface area contributed by atoms with Gasteiger partial charge in [-0.25, -0.2) is 4.39 Å². The Balaban J connectivity index is 1.97. The normalized spacial score (nSPS) is 26.6. The monoisotopic (exact) mass is 233 g/mol. The average Bonchev–Trinajstić information content (AvgIpc) is 3.04. The number of hydrogen-bond acceptors (Lipinski definition) is 1. The first-order valence-corrected chi connectivity index (χ1v) is 6.66. The van der Waals surface area contributed by atoms with E-state index in [-0.39, 0.29) is 17.3 Å². The molecule has 0 aromatic heterocycles. The van der Waals surface area contributed by atoms with Crippen LogP contribution in [0.1, 0.15) is 43.7 Å². The van der Waals surface area contributed by atoms with Crippen molar-refractivity contribution in [1.29, 1.82) is 0 Å². The highest BCUT2D eigenvalue weighted by Gasteiger charge is 2.52. The van der Waals surface area contributed by atoms with Crippen molar-refractivity contribution in [3.05, 3.63) is 35.1 Å². The first-order valence-electron chi connectivity index (χ1n) is 6.66. The van der Waals surface area contributed by atoms with Gasteiger partial charge in [-0.05, 0) is 73.6 Å². The zero-order chi connectivity index (χ0) is 12.0. The van der Waals surface area contributed by atoms with Crippen LogP contribution in [0.5, 0.6) is 0 Å². The first-order chi connectivity index (χ1) is 8.12.